The van der Waals surface area contributed by atoms with E-state index in [1.165, 1.54) is 38.3 Å². The predicted molar refractivity (Wildman–Crippen MR) is 205 cm³/mol. The van der Waals surface area contributed by atoms with Crippen molar-refractivity contribution in [2.24, 2.45) is 0 Å². The van der Waals surface area contributed by atoms with Crippen LogP contribution in [-0.4, -0.2) is 93.5 Å². The summed E-state index contributed by atoms with van der Waals surface area (Å²) in [5.74, 6) is 3.06. The summed E-state index contributed by atoms with van der Waals surface area (Å²) in [4.78, 5) is 33.5. The number of rotatable bonds is 6. The molecule has 3 fully saturated rings. The number of fused-ring (bicyclic) bond motifs is 1. The van der Waals surface area contributed by atoms with E-state index in [9.17, 15) is 0 Å². The van der Waals surface area contributed by atoms with E-state index in [2.05, 4.69) is 56.4 Å². The van der Waals surface area contributed by atoms with Gasteiger partial charge in [0.25, 0.3) is 0 Å². The fraction of sp³-hybridized carbons (Fsp3) is 0.429. The van der Waals surface area contributed by atoms with Crippen molar-refractivity contribution in [2.75, 3.05) is 84.5 Å². The summed E-state index contributed by atoms with van der Waals surface area (Å²) in [7, 11) is 0. The number of morpholine rings is 2. The molecule has 7 heterocycles. The van der Waals surface area contributed by atoms with E-state index in [1.54, 1.807) is 24.7 Å². The standard InChI is InChI=1S/C20H26N8O.C9H13N3O.C5H5ClN2.CH4/c1-2-4-14(5-3-1)24-19-17-18(23-13-22-17)26-20(27-19)25-16-7-6-15(12-21-16)28-8-10-29-11-9-28;10-9-2-1-8(7-11-9)12-3-5-13-6-4-12;6-4-1-2-5(7)8-3-4;/h6-7,12-14H,1-5,8-11H2,(H3,21,22,23,24,25,26,27);1-2,7H,3-6H2,(H2,10,11);1-3H,(H2,7,8);1H4. The van der Waals surface area contributed by atoms with Crippen LogP contribution in [0.5, 0.6) is 0 Å². The average Bonchev–Trinajstić information content (AvgIpc) is 3.65. The summed E-state index contributed by atoms with van der Waals surface area (Å²) >= 11 is 5.49. The molecule has 2 saturated heterocycles. The minimum absolute atomic E-state index is 0. The number of hydrogen-bond donors (Lipinski definition) is 5. The summed E-state index contributed by atoms with van der Waals surface area (Å²) < 4.78 is 10.7. The van der Waals surface area contributed by atoms with Gasteiger partial charge in [0.15, 0.2) is 11.5 Å². The van der Waals surface area contributed by atoms with Gasteiger partial charge < -0.3 is 46.4 Å². The highest BCUT2D eigenvalue weighted by Crippen LogP contribution is 2.26. The van der Waals surface area contributed by atoms with Crippen molar-refractivity contribution in [3.63, 3.8) is 0 Å². The van der Waals surface area contributed by atoms with E-state index in [1.807, 2.05) is 24.4 Å². The molecule has 0 amide bonds. The third-order valence-corrected chi connectivity index (χ3v) is 8.72. The van der Waals surface area contributed by atoms with E-state index in [0.717, 1.165) is 75.3 Å². The fourth-order valence-electron chi connectivity index (χ4n) is 5.81. The number of aromatic nitrogens is 7. The first-order valence-corrected chi connectivity index (χ1v) is 17.3. The van der Waals surface area contributed by atoms with Crippen molar-refractivity contribution in [1.82, 2.24) is 34.9 Å². The zero-order valence-electron chi connectivity index (χ0n) is 28.0. The maximum atomic E-state index is 5.50. The van der Waals surface area contributed by atoms with Crippen LogP contribution in [0.25, 0.3) is 11.2 Å². The first kappa shape index (κ1) is 37.3. The number of halogens is 1. The smallest absolute Gasteiger partial charge is 0.232 e. The van der Waals surface area contributed by atoms with E-state index in [4.69, 9.17) is 37.5 Å². The second kappa shape index (κ2) is 18.8. The molecule has 1 aliphatic carbocycles. The molecule has 0 radical (unpaired) electrons. The van der Waals surface area contributed by atoms with Crippen LogP contribution in [0, 0.1) is 0 Å². The van der Waals surface area contributed by atoms with E-state index in [0.29, 0.717) is 40.1 Å². The monoisotopic (exact) mass is 717 g/mol. The van der Waals surface area contributed by atoms with Gasteiger partial charge >= 0.3 is 0 Å². The molecule has 0 bridgehead atoms. The van der Waals surface area contributed by atoms with Gasteiger partial charge in [0, 0.05) is 38.4 Å². The fourth-order valence-corrected chi connectivity index (χ4v) is 5.92. The Morgan fingerprint density at radius 3 is 1.88 bits per heavy atom. The van der Waals surface area contributed by atoms with Gasteiger partial charge in [-0.25, -0.2) is 19.9 Å². The highest BCUT2D eigenvalue weighted by atomic mass is 35.5. The number of pyridine rings is 3. The first-order valence-electron chi connectivity index (χ1n) is 16.9. The summed E-state index contributed by atoms with van der Waals surface area (Å²) in [6.45, 7) is 6.77. The highest BCUT2D eigenvalue weighted by Gasteiger charge is 2.18. The van der Waals surface area contributed by atoms with Crippen LogP contribution in [0.1, 0.15) is 39.5 Å². The molecule has 7 N–H and O–H groups in total. The number of nitrogens with two attached hydrogens (primary N) is 2. The summed E-state index contributed by atoms with van der Waals surface area (Å²) in [5.41, 5.74) is 14.5. The first-order chi connectivity index (χ1) is 24.5. The minimum Gasteiger partial charge on any atom is -0.384 e. The number of imidazole rings is 1. The molecule has 3 aliphatic rings. The van der Waals surface area contributed by atoms with E-state index in [-0.39, 0.29) is 7.43 Å². The molecule has 272 valence electrons. The van der Waals surface area contributed by atoms with Crippen LogP contribution >= 0.6 is 11.6 Å². The molecule has 2 aliphatic heterocycles. The van der Waals surface area contributed by atoms with Crippen molar-refractivity contribution in [3.05, 3.63) is 66.3 Å². The van der Waals surface area contributed by atoms with Crippen LogP contribution in [0.3, 0.4) is 0 Å². The zero-order chi connectivity index (χ0) is 34.5. The molecular weight excluding hydrogens is 670 g/mol. The van der Waals surface area contributed by atoms with Gasteiger partial charge in [-0.15, -0.1) is 0 Å². The molecule has 15 nitrogen and oxygen atoms in total. The van der Waals surface area contributed by atoms with Gasteiger partial charge in [-0.3, -0.25) is 0 Å². The molecule has 51 heavy (non-hydrogen) atoms. The van der Waals surface area contributed by atoms with Gasteiger partial charge in [0.2, 0.25) is 5.95 Å². The number of aromatic amines is 1. The van der Waals surface area contributed by atoms with E-state index >= 15 is 0 Å². The molecule has 5 aromatic rings. The highest BCUT2D eigenvalue weighted by molar-refractivity contribution is 6.30. The third-order valence-electron chi connectivity index (χ3n) is 8.49. The quantitative estimate of drug-likeness (QED) is 0.147. The number of nitrogens with zero attached hydrogens (tertiary/aromatic N) is 8. The van der Waals surface area contributed by atoms with Crippen molar-refractivity contribution >= 4 is 63.4 Å². The molecule has 5 aromatic heterocycles. The predicted octanol–water partition coefficient (Wildman–Crippen LogP) is 5.53. The molecule has 0 spiro atoms. The van der Waals surface area contributed by atoms with Crippen molar-refractivity contribution in [2.45, 2.75) is 45.6 Å². The van der Waals surface area contributed by atoms with Gasteiger partial charge in [-0.1, -0.05) is 38.3 Å². The lowest BCUT2D eigenvalue weighted by Crippen LogP contribution is -2.36. The van der Waals surface area contributed by atoms with Crippen LogP contribution in [-0.2, 0) is 9.47 Å². The normalized spacial score (nSPS) is 16.2. The second-order valence-electron chi connectivity index (χ2n) is 12.0. The molecule has 0 unspecified atom stereocenters. The third kappa shape index (κ3) is 11.0. The Hall–Kier alpha value is -4.99. The molecule has 0 atom stereocenters. The lowest BCUT2D eigenvalue weighted by Gasteiger charge is -2.28. The number of ether oxygens (including phenoxy) is 2. The van der Waals surface area contributed by atoms with Gasteiger partial charge in [0.1, 0.15) is 23.0 Å². The molecule has 1 saturated carbocycles. The second-order valence-corrected chi connectivity index (χ2v) is 12.5. The molecular formula is C35H48ClN13O2. The maximum absolute atomic E-state index is 5.50. The number of nitrogens with one attached hydrogen (secondary N) is 3. The van der Waals surface area contributed by atoms with Gasteiger partial charge in [0.05, 0.1) is 61.5 Å². The largest absolute Gasteiger partial charge is 0.384 e. The SMILES string of the molecule is C.Nc1ccc(Cl)cn1.Nc1ccc(N2CCOCC2)cn1.c1nc2nc(Nc3ccc(N4CCOCC4)cn3)nc(NC3CCCCC3)c2[nH]1. The Morgan fingerprint density at radius 1 is 0.725 bits per heavy atom. The molecule has 0 aromatic carbocycles. The lowest BCUT2D eigenvalue weighted by molar-refractivity contribution is 0.122. The van der Waals surface area contributed by atoms with E-state index < -0.39 is 0 Å². The van der Waals surface area contributed by atoms with Crippen LogP contribution < -0.4 is 31.9 Å². The zero-order valence-corrected chi connectivity index (χ0v) is 28.7. The van der Waals surface area contributed by atoms with Crippen LogP contribution in [0.15, 0.2) is 61.3 Å². The molecule has 8 rings (SSSR count). The van der Waals surface area contributed by atoms with Gasteiger partial charge in [-0.2, -0.15) is 9.97 Å². The van der Waals surface area contributed by atoms with Crippen molar-refractivity contribution in [1.29, 1.82) is 0 Å². The Bertz CT molecular complexity index is 1720. The average molecular weight is 718 g/mol. The number of anilines is 7. The van der Waals surface area contributed by atoms with Crippen LogP contribution in [0.2, 0.25) is 5.02 Å². The lowest BCUT2D eigenvalue weighted by atomic mass is 9.95. The topological polar surface area (TPSA) is 194 Å². The van der Waals surface area contributed by atoms with Gasteiger partial charge in [-0.05, 0) is 49.2 Å². The molecule has 16 heteroatoms. The van der Waals surface area contributed by atoms with Crippen LogP contribution in [0.4, 0.5) is 40.6 Å². The summed E-state index contributed by atoms with van der Waals surface area (Å²) in [6.07, 6.45) is 13.0. The number of H-pyrrole nitrogens is 1. The Morgan fingerprint density at radius 2 is 1.33 bits per heavy atom. The number of hydrogen-bond acceptors (Lipinski definition) is 14. The Kier molecular flexibility index (Phi) is 13.8. The van der Waals surface area contributed by atoms with Crippen molar-refractivity contribution in [3.8, 4) is 0 Å². The number of nitrogen functional groups attached to an aromatic ring is 2. The Balaban J connectivity index is 0.000000188. The summed E-state index contributed by atoms with van der Waals surface area (Å²) in [6, 6.07) is 11.6. The Labute approximate surface area is 303 Å². The summed E-state index contributed by atoms with van der Waals surface area (Å²) in [5, 5.41) is 7.42. The van der Waals surface area contributed by atoms with Crippen molar-refractivity contribution < 1.29 is 9.47 Å². The maximum Gasteiger partial charge on any atom is 0.232 e. The minimum atomic E-state index is 0.